The summed E-state index contributed by atoms with van der Waals surface area (Å²) in [4.78, 5) is 45.5. The van der Waals surface area contributed by atoms with E-state index in [9.17, 15) is 18.8 Å². The number of fused-ring (bicyclic) bond motifs is 2. The van der Waals surface area contributed by atoms with Crippen molar-refractivity contribution in [3.63, 3.8) is 0 Å². The van der Waals surface area contributed by atoms with E-state index in [1.165, 1.54) is 32.1 Å². The minimum absolute atomic E-state index is 0.0172. The van der Waals surface area contributed by atoms with E-state index in [4.69, 9.17) is 13.9 Å². The molecule has 1 atom stereocenters. The minimum Gasteiger partial charge on any atom is -0.493 e. The molecule has 0 fully saturated rings. The zero-order valence-corrected chi connectivity index (χ0v) is 20.0. The van der Waals surface area contributed by atoms with Crippen LogP contribution >= 0.6 is 11.3 Å². The molecule has 0 radical (unpaired) electrons. The lowest BCUT2D eigenvalue weighted by Gasteiger charge is -2.23. The molecule has 4 aromatic rings. The van der Waals surface area contributed by atoms with Crippen molar-refractivity contribution in [1.29, 1.82) is 0 Å². The zero-order chi connectivity index (χ0) is 25.0. The van der Waals surface area contributed by atoms with Gasteiger partial charge in [-0.1, -0.05) is 17.4 Å². The maximum atomic E-state index is 14.0. The van der Waals surface area contributed by atoms with Gasteiger partial charge in [0.25, 0.3) is 5.91 Å². The molecule has 2 aromatic heterocycles. The number of nitrogens with zero attached hydrogens (tertiary/aromatic N) is 2. The lowest BCUT2D eigenvalue weighted by atomic mass is 9.98. The van der Waals surface area contributed by atoms with E-state index in [1.807, 2.05) is 0 Å². The minimum atomic E-state index is -0.952. The van der Waals surface area contributed by atoms with Crippen LogP contribution in [0.4, 0.5) is 9.52 Å². The van der Waals surface area contributed by atoms with E-state index in [0.29, 0.717) is 27.6 Å². The highest BCUT2D eigenvalue weighted by Crippen LogP contribution is 2.44. The number of halogens is 1. The van der Waals surface area contributed by atoms with Crippen LogP contribution in [0.15, 0.2) is 45.6 Å². The number of benzene rings is 2. The third kappa shape index (κ3) is 3.48. The van der Waals surface area contributed by atoms with Crippen LogP contribution in [0.1, 0.15) is 50.0 Å². The molecule has 2 aromatic carbocycles. The summed E-state index contributed by atoms with van der Waals surface area (Å²) in [5, 5.41) is 0.252. The highest BCUT2D eigenvalue weighted by Gasteiger charge is 2.45. The van der Waals surface area contributed by atoms with Crippen molar-refractivity contribution in [2.75, 3.05) is 19.1 Å². The standard InChI is InChI=1S/C25H19FN2O6S/c1-11-23(12(2)29)35-25(27-11)28-20(13-5-7-17(32-3)18(9-13)33-4)19-21(30)15-10-14(26)6-8-16(15)34-22(19)24(28)31/h5-10,20H,1-4H3/t20-/m0/s1. The van der Waals surface area contributed by atoms with Gasteiger partial charge < -0.3 is 13.9 Å². The van der Waals surface area contributed by atoms with Gasteiger partial charge in [0.2, 0.25) is 5.76 Å². The second-order valence-electron chi connectivity index (χ2n) is 7.97. The molecule has 0 aliphatic carbocycles. The SMILES string of the molecule is COc1ccc([C@H]2c3c(oc4ccc(F)cc4c3=O)C(=O)N2c2nc(C)c(C(C)=O)s2)cc1OC. The van der Waals surface area contributed by atoms with Gasteiger partial charge in [0, 0.05) is 6.92 Å². The number of hydrogen-bond donors (Lipinski definition) is 0. The summed E-state index contributed by atoms with van der Waals surface area (Å²) in [6, 6.07) is 7.61. The smallest absolute Gasteiger partial charge is 0.297 e. The van der Waals surface area contributed by atoms with Crippen LogP contribution in [0.2, 0.25) is 0 Å². The number of amides is 1. The first-order chi connectivity index (χ1) is 16.7. The summed E-state index contributed by atoms with van der Waals surface area (Å²) in [5.41, 5.74) is 0.610. The molecule has 0 saturated heterocycles. The largest absolute Gasteiger partial charge is 0.493 e. The van der Waals surface area contributed by atoms with Crippen molar-refractivity contribution in [2.24, 2.45) is 0 Å². The molecule has 0 saturated carbocycles. The zero-order valence-electron chi connectivity index (χ0n) is 19.2. The second kappa shape index (κ2) is 8.31. The molecule has 1 amide bonds. The Hall–Kier alpha value is -4.05. The lowest BCUT2D eigenvalue weighted by Crippen LogP contribution is -2.29. The average Bonchev–Trinajstić information content (AvgIpc) is 3.36. The summed E-state index contributed by atoms with van der Waals surface area (Å²) in [5.74, 6) is -0.687. The maximum Gasteiger partial charge on any atom is 0.297 e. The Labute approximate surface area is 202 Å². The summed E-state index contributed by atoms with van der Waals surface area (Å²) >= 11 is 1.05. The Morgan fingerprint density at radius 2 is 1.86 bits per heavy atom. The van der Waals surface area contributed by atoms with Gasteiger partial charge in [-0.25, -0.2) is 9.37 Å². The van der Waals surface area contributed by atoms with Gasteiger partial charge in [0.05, 0.1) is 41.8 Å². The molecule has 35 heavy (non-hydrogen) atoms. The summed E-state index contributed by atoms with van der Waals surface area (Å²) in [7, 11) is 2.97. The number of ether oxygens (including phenoxy) is 2. The number of aryl methyl sites for hydroxylation is 1. The van der Waals surface area contributed by atoms with Gasteiger partial charge in [-0.15, -0.1) is 0 Å². The first kappa shape index (κ1) is 22.7. The number of aromatic nitrogens is 1. The molecule has 1 aliphatic rings. The van der Waals surface area contributed by atoms with Gasteiger partial charge in [0.15, 0.2) is 27.8 Å². The van der Waals surface area contributed by atoms with Gasteiger partial charge in [0.1, 0.15) is 11.4 Å². The molecule has 1 aliphatic heterocycles. The van der Waals surface area contributed by atoms with Crippen LogP contribution in [0, 0.1) is 12.7 Å². The molecule has 3 heterocycles. The number of thiazole rings is 1. The Kier molecular flexibility index (Phi) is 5.40. The molecule has 0 bridgehead atoms. The predicted molar refractivity (Wildman–Crippen MR) is 127 cm³/mol. The van der Waals surface area contributed by atoms with Gasteiger partial charge in [-0.2, -0.15) is 0 Å². The van der Waals surface area contributed by atoms with E-state index in [2.05, 4.69) is 4.98 Å². The Bertz CT molecular complexity index is 1590. The van der Waals surface area contributed by atoms with Crippen molar-refractivity contribution in [3.8, 4) is 11.5 Å². The molecule has 178 valence electrons. The molecule has 0 N–H and O–H groups in total. The van der Waals surface area contributed by atoms with Crippen LogP contribution in [0.3, 0.4) is 0 Å². The first-order valence-corrected chi connectivity index (χ1v) is 11.4. The number of methoxy groups -OCH3 is 2. The van der Waals surface area contributed by atoms with E-state index in [0.717, 1.165) is 23.5 Å². The molecule has 5 rings (SSSR count). The quantitative estimate of drug-likeness (QED) is 0.372. The van der Waals surface area contributed by atoms with Crippen molar-refractivity contribution < 1.29 is 27.9 Å². The Balaban J connectivity index is 1.81. The maximum absolute atomic E-state index is 14.0. The normalized spacial score (nSPS) is 14.9. The molecule has 0 unspecified atom stereocenters. The predicted octanol–water partition coefficient (Wildman–Crippen LogP) is 4.67. The number of hydrogen-bond acceptors (Lipinski definition) is 8. The van der Waals surface area contributed by atoms with Crippen LogP contribution in [-0.2, 0) is 0 Å². The van der Waals surface area contributed by atoms with Crippen LogP contribution in [0.25, 0.3) is 11.0 Å². The highest BCUT2D eigenvalue weighted by molar-refractivity contribution is 7.17. The third-order valence-corrected chi connectivity index (χ3v) is 7.12. The fourth-order valence-corrected chi connectivity index (χ4v) is 5.28. The van der Waals surface area contributed by atoms with E-state index >= 15 is 0 Å². The van der Waals surface area contributed by atoms with E-state index in [1.54, 1.807) is 25.1 Å². The topological polar surface area (TPSA) is 98.9 Å². The van der Waals surface area contributed by atoms with Gasteiger partial charge >= 0.3 is 0 Å². The van der Waals surface area contributed by atoms with E-state index < -0.39 is 23.2 Å². The monoisotopic (exact) mass is 494 g/mol. The van der Waals surface area contributed by atoms with Gasteiger partial charge in [-0.05, 0) is 42.8 Å². The van der Waals surface area contributed by atoms with Crippen LogP contribution in [0.5, 0.6) is 11.5 Å². The molecule has 10 heteroatoms. The third-order valence-electron chi connectivity index (χ3n) is 5.87. The number of carbonyl (C=O) groups is 2. The number of carbonyl (C=O) groups excluding carboxylic acids is 2. The van der Waals surface area contributed by atoms with Crippen molar-refractivity contribution in [1.82, 2.24) is 4.98 Å². The second-order valence-corrected chi connectivity index (χ2v) is 8.95. The number of anilines is 1. The van der Waals surface area contributed by atoms with Crippen molar-refractivity contribution in [3.05, 3.63) is 79.9 Å². The van der Waals surface area contributed by atoms with Gasteiger partial charge in [-0.3, -0.25) is 19.3 Å². The van der Waals surface area contributed by atoms with E-state index in [-0.39, 0.29) is 33.2 Å². The number of Topliss-reactive ketones (excluding diaryl/α,β-unsaturated/α-hetero) is 1. The fraction of sp³-hybridized carbons (Fsp3) is 0.200. The Morgan fingerprint density at radius 1 is 1.11 bits per heavy atom. The van der Waals surface area contributed by atoms with Crippen molar-refractivity contribution in [2.45, 2.75) is 19.9 Å². The first-order valence-electron chi connectivity index (χ1n) is 10.5. The Morgan fingerprint density at radius 3 is 2.51 bits per heavy atom. The van der Waals surface area contributed by atoms with Crippen LogP contribution < -0.4 is 19.8 Å². The summed E-state index contributed by atoms with van der Waals surface area (Å²) < 4.78 is 30.6. The molecule has 8 nitrogen and oxygen atoms in total. The number of rotatable bonds is 5. The summed E-state index contributed by atoms with van der Waals surface area (Å²) in [6.45, 7) is 3.10. The highest BCUT2D eigenvalue weighted by atomic mass is 32.1. The number of ketones is 1. The molecular formula is C25H19FN2O6S. The van der Waals surface area contributed by atoms with Crippen LogP contribution in [-0.4, -0.2) is 30.9 Å². The lowest BCUT2D eigenvalue weighted by molar-refractivity contribution is 0.0969. The average molecular weight is 495 g/mol. The summed E-state index contributed by atoms with van der Waals surface area (Å²) in [6.07, 6.45) is 0. The van der Waals surface area contributed by atoms with Crippen molar-refractivity contribution >= 4 is 39.1 Å². The molecule has 0 spiro atoms. The fourth-order valence-electron chi connectivity index (χ4n) is 4.29. The molecular weight excluding hydrogens is 475 g/mol.